The second kappa shape index (κ2) is 4.33. The number of hydrogen-bond donors (Lipinski definition) is 0. The minimum atomic E-state index is 0.322. The van der Waals surface area contributed by atoms with Gasteiger partial charge in [-0.3, -0.25) is 4.79 Å². The van der Waals surface area contributed by atoms with E-state index in [1.54, 1.807) is 0 Å². The molecule has 0 aromatic rings. The maximum atomic E-state index is 11.8. The van der Waals surface area contributed by atoms with Crippen molar-refractivity contribution < 1.29 is 4.79 Å². The summed E-state index contributed by atoms with van der Waals surface area (Å²) in [6.45, 7) is 9.35. The summed E-state index contributed by atoms with van der Waals surface area (Å²) in [7, 11) is 0. The molecule has 3 fully saturated rings. The Morgan fingerprint density at radius 1 is 1.00 bits per heavy atom. The van der Waals surface area contributed by atoms with Gasteiger partial charge >= 0.3 is 0 Å². The van der Waals surface area contributed by atoms with E-state index in [1.165, 1.54) is 49.7 Å². The van der Waals surface area contributed by atoms with Crippen LogP contribution in [0.3, 0.4) is 0 Å². The Bertz CT molecular complexity index is 542. The Balaban J connectivity index is 1.70. The van der Waals surface area contributed by atoms with E-state index in [9.17, 15) is 4.79 Å². The first-order chi connectivity index (χ1) is 9.95. The predicted octanol–water partition coefficient (Wildman–Crippen LogP) is 5.07. The van der Waals surface area contributed by atoms with Gasteiger partial charge in [0.2, 0.25) is 0 Å². The standard InChI is InChI=1S/C20H28O/c1-13-4-7-17-16-6-5-14-12-15(21)8-10-20(14,3)18(16)9-11-19(13,17)2/h12,16-18H,1,4-11H2,2-3H3/t16?,17-,18-,19?,20?/m0/s1. The molecule has 4 rings (SSSR count). The van der Waals surface area contributed by atoms with Gasteiger partial charge in [-0.1, -0.05) is 31.6 Å². The maximum Gasteiger partial charge on any atom is 0.155 e. The summed E-state index contributed by atoms with van der Waals surface area (Å²) in [6, 6.07) is 0. The first-order valence-electron chi connectivity index (χ1n) is 8.87. The fraction of sp³-hybridized carbons (Fsp3) is 0.750. The first-order valence-corrected chi connectivity index (χ1v) is 8.87. The SMILES string of the molecule is C=C1CC[C@H]2C3CCC4=CC(=O)CCC4(C)[C@H]3CCC12C. The van der Waals surface area contributed by atoms with Crippen LogP contribution < -0.4 is 0 Å². The third-order valence-electron chi connectivity index (χ3n) is 7.92. The molecule has 3 saturated carbocycles. The van der Waals surface area contributed by atoms with Gasteiger partial charge in [0, 0.05) is 6.42 Å². The van der Waals surface area contributed by atoms with Crippen LogP contribution in [0.4, 0.5) is 0 Å². The number of allylic oxidation sites excluding steroid dienone is 2. The van der Waals surface area contributed by atoms with Gasteiger partial charge in [0.05, 0.1) is 0 Å². The molecule has 0 bridgehead atoms. The monoisotopic (exact) mass is 284 g/mol. The van der Waals surface area contributed by atoms with Crippen LogP contribution in [0.2, 0.25) is 0 Å². The summed E-state index contributed by atoms with van der Waals surface area (Å²) < 4.78 is 0. The van der Waals surface area contributed by atoms with E-state index >= 15 is 0 Å². The summed E-state index contributed by atoms with van der Waals surface area (Å²) in [5.74, 6) is 2.92. The molecule has 0 aromatic heterocycles. The Kier molecular flexibility index (Phi) is 2.85. The van der Waals surface area contributed by atoms with Crippen LogP contribution in [-0.4, -0.2) is 5.78 Å². The second-order valence-electron chi connectivity index (χ2n) is 8.57. The number of fused-ring (bicyclic) bond motifs is 5. The molecular weight excluding hydrogens is 256 g/mol. The van der Waals surface area contributed by atoms with E-state index in [0.29, 0.717) is 16.6 Å². The minimum Gasteiger partial charge on any atom is -0.295 e. The van der Waals surface area contributed by atoms with Crippen LogP contribution in [0.15, 0.2) is 23.8 Å². The summed E-state index contributed by atoms with van der Waals surface area (Å²) in [6.07, 6.45) is 11.7. The highest BCUT2D eigenvalue weighted by molar-refractivity contribution is 5.91. The molecule has 4 aliphatic rings. The predicted molar refractivity (Wildman–Crippen MR) is 85.9 cm³/mol. The van der Waals surface area contributed by atoms with E-state index in [4.69, 9.17) is 0 Å². The Hall–Kier alpha value is -0.850. The first kappa shape index (κ1) is 13.8. The summed E-state index contributed by atoms with van der Waals surface area (Å²) in [5.41, 5.74) is 3.75. The van der Waals surface area contributed by atoms with Crippen molar-refractivity contribution in [3.8, 4) is 0 Å². The lowest BCUT2D eigenvalue weighted by Gasteiger charge is -2.57. The third-order valence-corrected chi connectivity index (χ3v) is 7.92. The van der Waals surface area contributed by atoms with Gasteiger partial charge in [0.25, 0.3) is 0 Å². The van der Waals surface area contributed by atoms with Crippen molar-refractivity contribution in [1.82, 2.24) is 0 Å². The van der Waals surface area contributed by atoms with Crippen molar-refractivity contribution in [2.24, 2.45) is 28.6 Å². The topological polar surface area (TPSA) is 17.1 Å². The molecule has 0 N–H and O–H groups in total. The number of ketones is 1. The zero-order valence-corrected chi connectivity index (χ0v) is 13.6. The molecule has 0 aliphatic heterocycles. The van der Waals surface area contributed by atoms with Crippen molar-refractivity contribution in [1.29, 1.82) is 0 Å². The van der Waals surface area contributed by atoms with Crippen molar-refractivity contribution in [2.75, 3.05) is 0 Å². The fourth-order valence-electron chi connectivity index (χ4n) is 6.47. The largest absolute Gasteiger partial charge is 0.295 e. The number of rotatable bonds is 0. The normalized spacial score (nSPS) is 49.2. The van der Waals surface area contributed by atoms with Crippen molar-refractivity contribution in [3.63, 3.8) is 0 Å². The Labute approximate surface area is 128 Å². The fourth-order valence-corrected chi connectivity index (χ4v) is 6.47. The molecule has 0 saturated heterocycles. The van der Waals surface area contributed by atoms with E-state index in [1.807, 2.05) is 6.08 Å². The molecule has 1 nitrogen and oxygen atoms in total. The van der Waals surface area contributed by atoms with Crippen molar-refractivity contribution in [3.05, 3.63) is 23.8 Å². The molecule has 114 valence electrons. The van der Waals surface area contributed by atoms with Crippen LogP contribution in [0, 0.1) is 28.6 Å². The van der Waals surface area contributed by atoms with Gasteiger partial charge < -0.3 is 0 Å². The van der Waals surface area contributed by atoms with Crippen LogP contribution in [0.25, 0.3) is 0 Å². The average Bonchev–Trinajstić information content (AvgIpc) is 2.76. The molecule has 1 heteroatoms. The van der Waals surface area contributed by atoms with Gasteiger partial charge in [0.1, 0.15) is 0 Å². The number of hydrogen-bond acceptors (Lipinski definition) is 1. The molecule has 21 heavy (non-hydrogen) atoms. The second-order valence-corrected chi connectivity index (χ2v) is 8.57. The zero-order valence-electron chi connectivity index (χ0n) is 13.6. The van der Waals surface area contributed by atoms with Crippen LogP contribution in [0.1, 0.15) is 65.2 Å². The molecular formula is C20H28O. The molecule has 0 amide bonds. The average molecular weight is 284 g/mol. The van der Waals surface area contributed by atoms with E-state index < -0.39 is 0 Å². The highest BCUT2D eigenvalue weighted by atomic mass is 16.1. The van der Waals surface area contributed by atoms with E-state index in [0.717, 1.165) is 30.6 Å². The van der Waals surface area contributed by atoms with Gasteiger partial charge in [0.15, 0.2) is 5.78 Å². The van der Waals surface area contributed by atoms with Crippen LogP contribution in [0.5, 0.6) is 0 Å². The molecule has 0 spiro atoms. The maximum absolute atomic E-state index is 11.8. The van der Waals surface area contributed by atoms with E-state index in [2.05, 4.69) is 20.4 Å². The molecule has 0 radical (unpaired) electrons. The lowest BCUT2D eigenvalue weighted by molar-refractivity contribution is -0.117. The van der Waals surface area contributed by atoms with Crippen molar-refractivity contribution in [2.45, 2.75) is 65.2 Å². The van der Waals surface area contributed by atoms with Gasteiger partial charge in [-0.2, -0.15) is 0 Å². The van der Waals surface area contributed by atoms with Gasteiger partial charge in [-0.05, 0) is 79.6 Å². The third kappa shape index (κ3) is 1.72. The Morgan fingerprint density at radius 3 is 2.57 bits per heavy atom. The Morgan fingerprint density at radius 2 is 1.76 bits per heavy atom. The molecule has 0 heterocycles. The summed E-state index contributed by atoms with van der Waals surface area (Å²) in [5, 5.41) is 0. The lowest BCUT2D eigenvalue weighted by atomic mass is 9.47. The highest BCUT2D eigenvalue weighted by Crippen LogP contribution is 2.66. The molecule has 0 aromatic carbocycles. The molecule has 4 aliphatic carbocycles. The van der Waals surface area contributed by atoms with Gasteiger partial charge in [-0.15, -0.1) is 0 Å². The van der Waals surface area contributed by atoms with E-state index in [-0.39, 0.29) is 0 Å². The number of carbonyl (C=O) groups excluding carboxylic acids is 1. The quantitative estimate of drug-likeness (QED) is 0.567. The summed E-state index contributed by atoms with van der Waals surface area (Å²) in [4.78, 5) is 11.8. The smallest absolute Gasteiger partial charge is 0.155 e. The molecule has 3 unspecified atom stereocenters. The van der Waals surface area contributed by atoms with Gasteiger partial charge in [-0.25, -0.2) is 0 Å². The lowest BCUT2D eigenvalue weighted by Crippen LogP contribution is -2.49. The number of carbonyl (C=O) groups is 1. The minimum absolute atomic E-state index is 0.322. The molecule has 5 atom stereocenters. The highest BCUT2D eigenvalue weighted by Gasteiger charge is 2.57. The van der Waals surface area contributed by atoms with Crippen LogP contribution in [-0.2, 0) is 4.79 Å². The van der Waals surface area contributed by atoms with Crippen LogP contribution >= 0.6 is 0 Å². The van der Waals surface area contributed by atoms with Crippen molar-refractivity contribution >= 4 is 5.78 Å². The summed E-state index contributed by atoms with van der Waals surface area (Å²) >= 11 is 0. The zero-order chi connectivity index (χ0) is 14.8.